The predicted octanol–water partition coefficient (Wildman–Crippen LogP) is 5.47. The number of aromatic nitrogens is 2. The lowest BCUT2D eigenvalue weighted by Crippen LogP contribution is -2.20. The van der Waals surface area contributed by atoms with E-state index >= 15 is 0 Å². The minimum Gasteiger partial charge on any atom is -0.361 e. The van der Waals surface area contributed by atoms with E-state index in [1.54, 1.807) is 0 Å². The van der Waals surface area contributed by atoms with Gasteiger partial charge >= 0.3 is 0 Å². The average molecular weight is 302 g/mol. The molecule has 2 heterocycles. The lowest BCUT2D eigenvalue weighted by atomic mass is 10.0. The fraction of sp³-hybridized carbons (Fsp3) is 0.238. The molecule has 23 heavy (non-hydrogen) atoms. The van der Waals surface area contributed by atoms with E-state index < -0.39 is 0 Å². The zero-order chi connectivity index (χ0) is 16.0. The summed E-state index contributed by atoms with van der Waals surface area (Å²) < 4.78 is 2.40. The third-order valence-electron chi connectivity index (χ3n) is 4.57. The normalized spacial score (nSPS) is 12.3. The highest BCUT2D eigenvalue weighted by atomic mass is 15.0. The first kappa shape index (κ1) is 14.1. The zero-order valence-electron chi connectivity index (χ0n) is 13.9. The molecule has 0 amide bonds. The van der Waals surface area contributed by atoms with Gasteiger partial charge in [-0.1, -0.05) is 36.4 Å². The van der Waals surface area contributed by atoms with E-state index in [-0.39, 0.29) is 5.54 Å². The maximum absolute atomic E-state index is 3.39. The largest absolute Gasteiger partial charge is 0.361 e. The first-order valence-electron chi connectivity index (χ1n) is 8.18. The van der Waals surface area contributed by atoms with E-state index in [2.05, 4.69) is 91.2 Å². The fourth-order valence-corrected chi connectivity index (χ4v) is 3.43. The Morgan fingerprint density at radius 3 is 2.35 bits per heavy atom. The number of fused-ring (bicyclic) bond motifs is 2. The molecule has 0 atom stereocenters. The van der Waals surface area contributed by atoms with E-state index in [1.807, 2.05) is 0 Å². The van der Waals surface area contributed by atoms with Gasteiger partial charge in [-0.25, -0.2) is 0 Å². The topological polar surface area (TPSA) is 20.7 Å². The number of aromatic amines is 1. The van der Waals surface area contributed by atoms with E-state index in [0.717, 1.165) is 6.42 Å². The van der Waals surface area contributed by atoms with Crippen LogP contribution in [0.1, 0.15) is 31.9 Å². The maximum atomic E-state index is 3.39. The third kappa shape index (κ3) is 2.35. The highest BCUT2D eigenvalue weighted by Crippen LogP contribution is 2.30. The Labute approximate surface area is 136 Å². The van der Waals surface area contributed by atoms with E-state index in [9.17, 15) is 0 Å². The minimum atomic E-state index is 0.0814. The van der Waals surface area contributed by atoms with Crippen molar-refractivity contribution in [1.82, 2.24) is 9.55 Å². The smallest absolute Gasteiger partial charge is 0.0488 e. The van der Waals surface area contributed by atoms with Crippen LogP contribution < -0.4 is 0 Å². The van der Waals surface area contributed by atoms with Gasteiger partial charge in [-0.3, -0.25) is 0 Å². The molecule has 0 saturated carbocycles. The number of hydrogen-bond acceptors (Lipinski definition) is 0. The van der Waals surface area contributed by atoms with Crippen molar-refractivity contribution in [2.45, 2.75) is 32.7 Å². The van der Waals surface area contributed by atoms with Crippen molar-refractivity contribution in [3.05, 3.63) is 72.1 Å². The lowest BCUT2D eigenvalue weighted by molar-refractivity contribution is 0.410. The van der Waals surface area contributed by atoms with Crippen LogP contribution >= 0.6 is 0 Å². The number of H-pyrrole nitrogens is 1. The standard InChI is InChI=1S/C21H22N2/c1-21(2,3)23-14-16(18-9-5-7-11-20(18)23)12-15-13-22-19-10-6-4-8-17(15)19/h4-11,13-14,22H,12H2,1-3H3. The third-order valence-corrected chi connectivity index (χ3v) is 4.57. The van der Waals surface area contributed by atoms with Gasteiger partial charge in [0.25, 0.3) is 0 Å². The zero-order valence-corrected chi connectivity index (χ0v) is 13.9. The van der Waals surface area contributed by atoms with E-state index in [0.29, 0.717) is 0 Å². The lowest BCUT2D eigenvalue weighted by Gasteiger charge is -2.22. The summed E-state index contributed by atoms with van der Waals surface area (Å²) in [6.45, 7) is 6.78. The number of nitrogens with one attached hydrogen (secondary N) is 1. The van der Waals surface area contributed by atoms with Crippen LogP contribution in [0.2, 0.25) is 0 Å². The predicted molar refractivity (Wildman–Crippen MR) is 98.0 cm³/mol. The van der Waals surface area contributed by atoms with Gasteiger partial charge < -0.3 is 9.55 Å². The van der Waals surface area contributed by atoms with Crippen molar-refractivity contribution in [3.63, 3.8) is 0 Å². The second-order valence-corrected chi connectivity index (χ2v) is 7.25. The summed E-state index contributed by atoms with van der Waals surface area (Å²) in [7, 11) is 0. The first-order chi connectivity index (χ1) is 11.0. The van der Waals surface area contributed by atoms with Crippen molar-refractivity contribution < 1.29 is 0 Å². The van der Waals surface area contributed by atoms with Gasteiger partial charge in [0, 0.05) is 46.2 Å². The number of nitrogens with zero attached hydrogens (tertiary/aromatic N) is 1. The Hall–Kier alpha value is -2.48. The molecular weight excluding hydrogens is 280 g/mol. The summed E-state index contributed by atoms with van der Waals surface area (Å²) in [4.78, 5) is 3.39. The van der Waals surface area contributed by atoms with Crippen LogP contribution in [0.4, 0.5) is 0 Å². The van der Waals surface area contributed by atoms with Crippen molar-refractivity contribution in [2.24, 2.45) is 0 Å². The van der Waals surface area contributed by atoms with Crippen LogP contribution in [0.25, 0.3) is 21.8 Å². The number of para-hydroxylation sites is 2. The summed E-state index contributed by atoms with van der Waals surface area (Å²) in [6, 6.07) is 17.2. The highest BCUT2D eigenvalue weighted by Gasteiger charge is 2.18. The van der Waals surface area contributed by atoms with Gasteiger partial charge in [0.05, 0.1) is 0 Å². The second kappa shape index (κ2) is 5.02. The molecule has 2 aromatic heterocycles. The Morgan fingerprint density at radius 2 is 1.57 bits per heavy atom. The maximum Gasteiger partial charge on any atom is 0.0488 e. The van der Waals surface area contributed by atoms with Gasteiger partial charge in [0.2, 0.25) is 0 Å². The molecule has 0 aliphatic heterocycles. The molecule has 4 rings (SSSR count). The van der Waals surface area contributed by atoms with Gasteiger partial charge in [0.1, 0.15) is 0 Å². The van der Waals surface area contributed by atoms with Gasteiger partial charge in [-0.05, 0) is 44.0 Å². The molecule has 2 aromatic carbocycles. The molecule has 0 spiro atoms. The highest BCUT2D eigenvalue weighted by molar-refractivity contribution is 5.87. The van der Waals surface area contributed by atoms with E-state index in [4.69, 9.17) is 0 Å². The summed E-state index contributed by atoms with van der Waals surface area (Å²) in [5, 5.41) is 2.67. The molecule has 116 valence electrons. The first-order valence-corrected chi connectivity index (χ1v) is 8.18. The Balaban J connectivity index is 1.86. The molecule has 0 unspecified atom stereocenters. The summed E-state index contributed by atoms with van der Waals surface area (Å²) >= 11 is 0. The molecule has 0 aliphatic carbocycles. The Kier molecular flexibility index (Phi) is 3.08. The molecule has 0 bridgehead atoms. The molecule has 0 radical (unpaired) electrons. The van der Waals surface area contributed by atoms with Crippen molar-refractivity contribution in [2.75, 3.05) is 0 Å². The van der Waals surface area contributed by atoms with Crippen LogP contribution in [0, 0.1) is 0 Å². The van der Waals surface area contributed by atoms with Crippen LogP contribution in [0.15, 0.2) is 60.9 Å². The molecule has 2 nitrogen and oxygen atoms in total. The van der Waals surface area contributed by atoms with Crippen LogP contribution in [0.3, 0.4) is 0 Å². The van der Waals surface area contributed by atoms with E-state index in [1.165, 1.54) is 32.9 Å². The van der Waals surface area contributed by atoms with Crippen LogP contribution in [-0.2, 0) is 12.0 Å². The second-order valence-electron chi connectivity index (χ2n) is 7.25. The monoisotopic (exact) mass is 302 g/mol. The van der Waals surface area contributed by atoms with Gasteiger partial charge in [0.15, 0.2) is 0 Å². The Bertz CT molecular complexity index is 980. The summed E-state index contributed by atoms with van der Waals surface area (Å²) in [5.41, 5.74) is 5.35. The summed E-state index contributed by atoms with van der Waals surface area (Å²) in [5.74, 6) is 0. The molecule has 1 N–H and O–H groups in total. The molecule has 0 fully saturated rings. The molecular formula is C21H22N2. The van der Waals surface area contributed by atoms with Crippen LogP contribution in [0.5, 0.6) is 0 Å². The minimum absolute atomic E-state index is 0.0814. The van der Waals surface area contributed by atoms with Crippen molar-refractivity contribution >= 4 is 21.8 Å². The number of rotatable bonds is 2. The average Bonchev–Trinajstić information content (AvgIpc) is 3.10. The molecule has 0 saturated heterocycles. The summed E-state index contributed by atoms with van der Waals surface area (Å²) in [6.07, 6.45) is 5.42. The molecule has 0 aliphatic rings. The van der Waals surface area contributed by atoms with Crippen molar-refractivity contribution in [1.29, 1.82) is 0 Å². The quantitative estimate of drug-likeness (QED) is 0.507. The Morgan fingerprint density at radius 1 is 0.870 bits per heavy atom. The van der Waals surface area contributed by atoms with Gasteiger partial charge in [-0.15, -0.1) is 0 Å². The fourth-order valence-electron chi connectivity index (χ4n) is 3.43. The van der Waals surface area contributed by atoms with Crippen molar-refractivity contribution in [3.8, 4) is 0 Å². The van der Waals surface area contributed by atoms with Crippen LogP contribution in [-0.4, -0.2) is 9.55 Å². The number of hydrogen-bond donors (Lipinski definition) is 1. The van der Waals surface area contributed by atoms with Gasteiger partial charge in [-0.2, -0.15) is 0 Å². The number of benzene rings is 2. The SMILES string of the molecule is CC(C)(C)n1cc(Cc2c[nH]c3ccccc23)c2ccccc21. The molecule has 2 heteroatoms. The molecule has 4 aromatic rings.